The number of nitrogens with zero attached hydrogens (tertiary/aromatic N) is 1. The number of phenols is 2. The average Bonchev–Trinajstić information content (AvgIpc) is 2.35. The molecule has 2 N–H and O–H groups in total. The van der Waals surface area contributed by atoms with Crippen LogP contribution in [0.5, 0.6) is 11.5 Å². The van der Waals surface area contributed by atoms with E-state index in [0.29, 0.717) is 0 Å². The van der Waals surface area contributed by atoms with Gasteiger partial charge >= 0.3 is 0 Å². The molecule has 1 heterocycles. The summed E-state index contributed by atoms with van der Waals surface area (Å²) in [6.07, 6.45) is 4.19. The van der Waals surface area contributed by atoms with E-state index < -0.39 is 0 Å². The van der Waals surface area contributed by atoms with Crippen LogP contribution in [0.1, 0.15) is 44.2 Å². The van der Waals surface area contributed by atoms with Gasteiger partial charge in [0, 0.05) is 24.8 Å². The molecule has 18 heavy (non-hydrogen) atoms. The average molecular weight is 248 g/mol. The van der Waals surface area contributed by atoms with E-state index in [-0.39, 0.29) is 11.5 Å². The lowest BCUT2D eigenvalue weighted by atomic mass is 9.93. The summed E-state index contributed by atoms with van der Waals surface area (Å²) >= 11 is 0. The second-order valence-electron chi connectivity index (χ2n) is 4.93. The molecule has 0 radical (unpaired) electrons. The molecule has 0 saturated heterocycles. The molecule has 0 spiro atoms. The van der Waals surface area contributed by atoms with Gasteiger partial charge in [0.15, 0.2) is 17.2 Å². The third-order valence-electron chi connectivity index (χ3n) is 3.52. The van der Waals surface area contributed by atoms with E-state index >= 15 is 0 Å². The first-order valence-corrected chi connectivity index (χ1v) is 6.83. The Kier molecular flexibility index (Phi) is 3.90. The molecule has 1 aromatic rings. The summed E-state index contributed by atoms with van der Waals surface area (Å²) < 4.78 is 2.42. The van der Waals surface area contributed by atoms with Crippen molar-refractivity contribution >= 4 is 5.71 Å². The Labute approximate surface area is 108 Å². The van der Waals surface area contributed by atoms with Crippen LogP contribution >= 0.6 is 0 Å². The van der Waals surface area contributed by atoms with Gasteiger partial charge in [0.1, 0.15) is 13.1 Å². The number of phenolic OH excluding ortho intramolecular Hbond substituents is 2. The minimum atomic E-state index is -0.0132. The van der Waals surface area contributed by atoms with Crippen molar-refractivity contribution < 1.29 is 14.8 Å². The number of benzene rings is 1. The molecule has 0 atom stereocenters. The summed E-state index contributed by atoms with van der Waals surface area (Å²) in [5, 5.41) is 19.3. The number of rotatable bonds is 4. The molecule has 1 aromatic carbocycles. The monoisotopic (exact) mass is 248 g/mol. The number of aromatic hydroxyl groups is 2. The SMILES string of the molecule is CCCC1=[N+](CCC)CCc2cc(O)c(O)cc21. The van der Waals surface area contributed by atoms with Crippen LogP contribution in [0.4, 0.5) is 0 Å². The van der Waals surface area contributed by atoms with Gasteiger partial charge in [-0.25, -0.2) is 4.58 Å². The Bertz CT molecular complexity index is 478. The molecule has 1 aliphatic heterocycles. The van der Waals surface area contributed by atoms with E-state index in [1.807, 2.05) is 0 Å². The Morgan fingerprint density at radius 3 is 2.50 bits per heavy atom. The van der Waals surface area contributed by atoms with Crippen LogP contribution in [0.15, 0.2) is 12.1 Å². The molecule has 0 saturated carbocycles. The molecule has 1 aliphatic rings. The molecule has 0 aliphatic carbocycles. The highest BCUT2D eigenvalue weighted by atomic mass is 16.3. The fourth-order valence-electron chi connectivity index (χ4n) is 2.70. The standard InChI is InChI=1S/C15H21NO2/c1-3-5-13-12-10-15(18)14(17)9-11(12)6-8-16(13)7-4-2/h9-10,18H,3-8H2,1-2H3/p+1. The van der Waals surface area contributed by atoms with Crippen LogP contribution in [0.25, 0.3) is 0 Å². The zero-order valence-electron chi connectivity index (χ0n) is 11.2. The topological polar surface area (TPSA) is 43.5 Å². The van der Waals surface area contributed by atoms with Gasteiger partial charge in [-0.15, -0.1) is 0 Å². The quantitative estimate of drug-likeness (QED) is 0.635. The Morgan fingerprint density at radius 1 is 1.11 bits per heavy atom. The van der Waals surface area contributed by atoms with Gasteiger partial charge in [0.05, 0.1) is 0 Å². The van der Waals surface area contributed by atoms with Gasteiger partial charge in [-0.1, -0.05) is 13.8 Å². The maximum Gasteiger partial charge on any atom is 0.183 e. The molecule has 3 heteroatoms. The van der Waals surface area contributed by atoms with Gasteiger partial charge in [-0.05, 0) is 24.1 Å². The summed E-state index contributed by atoms with van der Waals surface area (Å²) in [5.74, 6) is -0.0192. The van der Waals surface area contributed by atoms with E-state index in [1.165, 1.54) is 5.71 Å². The molecule has 3 nitrogen and oxygen atoms in total. The fourth-order valence-corrected chi connectivity index (χ4v) is 2.70. The van der Waals surface area contributed by atoms with Gasteiger partial charge in [-0.3, -0.25) is 0 Å². The normalized spacial score (nSPS) is 14.8. The highest BCUT2D eigenvalue weighted by molar-refractivity contribution is 5.99. The molecule has 0 unspecified atom stereocenters. The van der Waals surface area contributed by atoms with Crippen LogP contribution in [0, 0.1) is 0 Å². The van der Waals surface area contributed by atoms with E-state index in [0.717, 1.165) is 49.9 Å². The largest absolute Gasteiger partial charge is 0.504 e. The lowest BCUT2D eigenvalue weighted by molar-refractivity contribution is -0.529. The van der Waals surface area contributed by atoms with Crippen LogP contribution in [0.3, 0.4) is 0 Å². The highest BCUT2D eigenvalue weighted by Gasteiger charge is 2.25. The summed E-state index contributed by atoms with van der Waals surface area (Å²) in [4.78, 5) is 0. The second kappa shape index (κ2) is 5.42. The Morgan fingerprint density at radius 2 is 1.83 bits per heavy atom. The fraction of sp³-hybridized carbons (Fsp3) is 0.533. The van der Waals surface area contributed by atoms with E-state index in [4.69, 9.17) is 0 Å². The number of hydrogen-bond acceptors (Lipinski definition) is 2. The summed E-state index contributed by atoms with van der Waals surface area (Å²) in [6.45, 7) is 6.44. The van der Waals surface area contributed by atoms with Crippen LogP contribution < -0.4 is 0 Å². The predicted octanol–water partition coefficient (Wildman–Crippen LogP) is 2.67. The lowest BCUT2D eigenvalue weighted by Gasteiger charge is -2.19. The van der Waals surface area contributed by atoms with Gasteiger partial charge in [0.2, 0.25) is 0 Å². The molecular weight excluding hydrogens is 226 g/mol. The molecule has 0 aromatic heterocycles. The molecule has 0 bridgehead atoms. The predicted molar refractivity (Wildman–Crippen MR) is 72.8 cm³/mol. The van der Waals surface area contributed by atoms with Crippen LogP contribution in [-0.2, 0) is 6.42 Å². The van der Waals surface area contributed by atoms with E-state index in [9.17, 15) is 10.2 Å². The van der Waals surface area contributed by atoms with E-state index in [1.54, 1.807) is 12.1 Å². The van der Waals surface area contributed by atoms with Crippen molar-refractivity contribution in [2.24, 2.45) is 0 Å². The summed E-state index contributed by atoms with van der Waals surface area (Å²) in [7, 11) is 0. The molecule has 0 fully saturated rings. The van der Waals surface area contributed by atoms with Crippen molar-refractivity contribution in [3.63, 3.8) is 0 Å². The van der Waals surface area contributed by atoms with Crippen molar-refractivity contribution in [2.75, 3.05) is 13.1 Å². The molecule has 0 amide bonds. The molecule has 2 rings (SSSR count). The van der Waals surface area contributed by atoms with Crippen molar-refractivity contribution in [1.29, 1.82) is 0 Å². The zero-order valence-corrected chi connectivity index (χ0v) is 11.2. The summed E-state index contributed by atoms with van der Waals surface area (Å²) in [5.41, 5.74) is 3.59. The van der Waals surface area contributed by atoms with Crippen LogP contribution in [-0.4, -0.2) is 33.6 Å². The van der Waals surface area contributed by atoms with Gasteiger partial charge < -0.3 is 10.2 Å². The summed E-state index contributed by atoms with van der Waals surface area (Å²) in [6, 6.07) is 3.43. The van der Waals surface area contributed by atoms with Gasteiger partial charge in [-0.2, -0.15) is 0 Å². The highest BCUT2D eigenvalue weighted by Crippen LogP contribution is 2.31. The van der Waals surface area contributed by atoms with Crippen molar-refractivity contribution in [1.82, 2.24) is 0 Å². The third kappa shape index (κ3) is 2.35. The first-order chi connectivity index (χ1) is 8.67. The van der Waals surface area contributed by atoms with Crippen molar-refractivity contribution in [3.05, 3.63) is 23.3 Å². The molecule has 98 valence electrons. The Balaban J connectivity index is 2.49. The van der Waals surface area contributed by atoms with Crippen LogP contribution in [0.2, 0.25) is 0 Å². The van der Waals surface area contributed by atoms with Gasteiger partial charge in [0.25, 0.3) is 0 Å². The zero-order chi connectivity index (χ0) is 13.1. The number of fused-ring (bicyclic) bond motifs is 1. The maximum atomic E-state index is 9.70. The maximum absolute atomic E-state index is 9.70. The minimum Gasteiger partial charge on any atom is -0.504 e. The first-order valence-electron chi connectivity index (χ1n) is 6.83. The minimum absolute atomic E-state index is 0.00598. The second-order valence-corrected chi connectivity index (χ2v) is 4.93. The van der Waals surface area contributed by atoms with Crippen molar-refractivity contribution in [3.8, 4) is 11.5 Å². The van der Waals surface area contributed by atoms with E-state index in [2.05, 4.69) is 18.4 Å². The first kappa shape index (κ1) is 12.9. The third-order valence-corrected chi connectivity index (χ3v) is 3.52. The smallest absolute Gasteiger partial charge is 0.183 e. The number of hydrogen-bond donors (Lipinski definition) is 2. The van der Waals surface area contributed by atoms with Crippen molar-refractivity contribution in [2.45, 2.75) is 39.5 Å². The lowest BCUT2D eigenvalue weighted by Crippen LogP contribution is -2.30. The Hall–Kier alpha value is -1.51. The molecular formula is C15H22NO2+.